The molecule has 41 heavy (non-hydrogen) atoms. The number of halogens is 2. The van der Waals surface area contributed by atoms with E-state index in [2.05, 4.69) is 25.4 Å². The number of hydrogen-bond donors (Lipinski definition) is 2. The molecule has 3 heterocycles. The summed E-state index contributed by atoms with van der Waals surface area (Å²) in [4.78, 5) is 24.8. The minimum absolute atomic E-state index is 0.0622. The third kappa shape index (κ3) is 5.75. The maximum Gasteiger partial charge on any atom is 0.252 e. The Labute approximate surface area is 232 Å². The van der Waals surface area contributed by atoms with Crippen LogP contribution in [0.1, 0.15) is 15.9 Å². The lowest BCUT2D eigenvalue weighted by atomic mass is 10.1. The van der Waals surface area contributed by atoms with E-state index < -0.39 is 17.5 Å². The molecule has 0 fully saturated rings. The first kappa shape index (κ1) is 27.4. The predicted octanol–water partition coefficient (Wildman–Crippen LogP) is 4.09. The minimum atomic E-state index is -0.770. The highest BCUT2D eigenvalue weighted by Crippen LogP contribution is 2.32. The first-order valence-corrected chi connectivity index (χ1v) is 12.4. The van der Waals surface area contributed by atoms with Gasteiger partial charge in [0.15, 0.2) is 17.4 Å². The number of nitrogens with zero attached hydrogens (tertiary/aromatic N) is 5. The fraction of sp³-hybridized carbons (Fsp3) is 0.179. The Morgan fingerprint density at radius 2 is 1.85 bits per heavy atom. The molecule has 3 N–H and O–H groups in total. The topological polar surface area (TPSA) is 139 Å². The molecule has 0 saturated carbocycles. The zero-order valence-corrected chi connectivity index (χ0v) is 22.1. The number of pyridine rings is 1. The number of primary amides is 1. The summed E-state index contributed by atoms with van der Waals surface area (Å²) in [6, 6.07) is 11.0. The lowest BCUT2D eigenvalue weighted by Crippen LogP contribution is -2.14. The van der Waals surface area contributed by atoms with Crippen molar-refractivity contribution < 1.29 is 27.8 Å². The van der Waals surface area contributed by atoms with Crippen LogP contribution in [0.25, 0.3) is 22.4 Å². The van der Waals surface area contributed by atoms with E-state index in [1.54, 1.807) is 18.2 Å². The van der Waals surface area contributed by atoms with Crippen molar-refractivity contribution in [2.24, 2.45) is 5.73 Å². The molecule has 1 amide bonds. The highest BCUT2D eigenvalue weighted by molar-refractivity contribution is 5.99. The van der Waals surface area contributed by atoms with Gasteiger partial charge in [0.1, 0.15) is 29.7 Å². The van der Waals surface area contributed by atoms with Gasteiger partial charge in [0.25, 0.3) is 5.91 Å². The number of hydrogen-bond acceptors (Lipinski definition) is 9. The van der Waals surface area contributed by atoms with E-state index in [4.69, 9.17) is 19.9 Å². The predicted molar refractivity (Wildman–Crippen MR) is 146 cm³/mol. The number of para-hydroxylation sites is 1. The second-order valence-corrected chi connectivity index (χ2v) is 8.75. The van der Waals surface area contributed by atoms with Gasteiger partial charge in [-0.2, -0.15) is 5.10 Å². The Bertz CT molecular complexity index is 1700. The number of rotatable bonds is 11. The number of aromatic nitrogens is 5. The number of nitrogens with one attached hydrogen (secondary N) is 1. The average Bonchev–Trinajstić information content (AvgIpc) is 3.33. The Kier molecular flexibility index (Phi) is 7.97. The lowest BCUT2D eigenvalue weighted by Gasteiger charge is -2.12. The molecule has 11 nitrogen and oxygen atoms in total. The van der Waals surface area contributed by atoms with Gasteiger partial charge in [0.05, 0.1) is 43.2 Å². The SMILES string of the molecule is COCCOc1cc(F)c(Cn2nc(-c3ncc(OC)c(Nc4ccncc4C(N)=O)n3)c3ccccc32)c(F)c1. The fourth-order valence-corrected chi connectivity index (χ4v) is 4.17. The number of fused-ring (bicyclic) bond motifs is 1. The molecule has 5 rings (SSSR count). The third-order valence-corrected chi connectivity index (χ3v) is 6.16. The monoisotopic (exact) mass is 561 g/mol. The molecule has 0 radical (unpaired) electrons. The Morgan fingerprint density at radius 3 is 2.59 bits per heavy atom. The Hall–Kier alpha value is -5.17. The maximum absolute atomic E-state index is 15.0. The number of carbonyl (C=O) groups excluding carboxylic acids is 1. The first-order valence-electron chi connectivity index (χ1n) is 12.4. The lowest BCUT2D eigenvalue weighted by molar-refractivity contribution is 0.100. The molecule has 0 saturated heterocycles. The van der Waals surface area contributed by atoms with Crippen molar-refractivity contribution in [1.82, 2.24) is 24.7 Å². The number of carbonyl (C=O) groups is 1. The van der Waals surface area contributed by atoms with Crippen LogP contribution in [0.2, 0.25) is 0 Å². The van der Waals surface area contributed by atoms with Crippen molar-refractivity contribution in [2.45, 2.75) is 6.54 Å². The highest BCUT2D eigenvalue weighted by atomic mass is 19.1. The summed E-state index contributed by atoms with van der Waals surface area (Å²) in [6.07, 6.45) is 4.28. The van der Waals surface area contributed by atoms with Crippen molar-refractivity contribution >= 4 is 28.3 Å². The molecule has 0 atom stereocenters. The van der Waals surface area contributed by atoms with Crippen LogP contribution in [0, 0.1) is 11.6 Å². The number of methoxy groups -OCH3 is 2. The zero-order chi connectivity index (χ0) is 28.9. The summed E-state index contributed by atoms with van der Waals surface area (Å²) < 4.78 is 47.1. The van der Waals surface area contributed by atoms with E-state index in [9.17, 15) is 13.6 Å². The molecule has 0 unspecified atom stereocenters. The molecule has 0 aliphatic carbocycles. The van der Waals surface area contributed by atoms with Crippen LogP contribution in [0.3, 0.4) is 0 Å². The smallest absolute Gasteiger partial charge is 0.252 e. The van der Waals surface area contributed by atoms with Gasteiger partial charge in [-0.3, -0.25) is 14.5 Å². The molecule has 0 spiro atoms. The number of anilines is 2. The van der Waals surface area contributed by atoms with Gasteiger partial charge in [-0.05, 0) is 12.1 Å². The average molecular weight is 562 g/mol. The van der Waals surface area contributed by atoms with Gasteiger partial charge >= 0.3 is 0 Å². The van der Waals surface area contributed by atoms with Crippen LogP contribution in [0.15, 0.2) is 61.1 Å². The molecule has 5 aromatic rings. The van der Waals surface area contributed by atoms with Gasteiger partial charge in [0.2, 0.25) is 0 Å². The quantitative estimate of drug-likeness (QED) is 0.228. The van der Waals surface area contributed by atoms with Crippen LogP contribution in [-0.4, -0.2) is 58.1 Å². The number of ether oxygens (including phenoxy) is 3. The van der Waals surface area contributed by atoms with Crippen LogP contribution in [-0.2, 0) is 11.3 Å². The van der Waals surface area contributed by atoms with Crippen LogP contribution < -0.4 is 20.5 Å². The van der Waals surface area contributed by atoms with Crippen molar-refractivity contribution in [1.29, 1.82) is 0 Å². The Morgan fingerprint density at radius 1 is 1.07 bits per heavy atom. The maximum atomic E-state index is 15.0. The van der Waals surface area contributed by atoms with Crippen molar-refractivity contribution in [3.05, 3.63) is 83.8 Å². The zero-order valence-electron chi connectivity index (χ0n) is 22.1. The third-order valence-electron chi connectivity index (χ3n) is 6.16. The fourth-order valence-electron chi connectivity index (χ4n) is 4.17. The van der Waals surface area contributed by atoms with Gasteiger partial charge in [-0.25, -0.2) is 18.7 Å². The largest absolute Gasteiger partial charge is 0.491 e. The second-order valence-electron chi connectivity index (χ2n) is 8.75. The summed E-state index contributed by atoms with van der Waals surface area (Å²) in [5.74, 6) is -1.41. The van der Waals surface area contributed by atoms with Crippen molar-refractivity contribution in [2.75, 3.05) is 32.8 Å². The molecular formula is C28H25F2N7O4. The molecule has 0 aliphatic rings. The molecule has 0 bridgehead atoms. The molecular weight excluding hydrogens is 536 g/mol. The van der Waals surface area contributed by atoms with E-state index >= 15 is 0 Å². The normalized spacial score (nSPS) is 11.0. The molecule has 3 aromatic heterocycles. The standard InChI is InChI=1S/C28H25F2N7O4/c1-39-9-10-41-16-11-20(29)19(21(30)12-16)15-37-23-6-4-3-5-17(23)25(36-37)28-33-14-24(40-2)27(35-28)34-22-7-8-32-13-18(22)26(31)38/h3-8,11-14H,9-10,15H2,1-2H3,(H2,31,38)(H,32,33,34,35). The number of amides is 1. The summed E-state index contributed by atoms with van der Waals surface area (Å²) in [5.41, 5.74) is 6.81. The van der Waals surface area contributed by atoms with E-state index in [-0.39, 0.29) is 48.3 Å². The molecule has 0 aliphatic heterocycles. The second kappa shape index (κ2) is 11.9. The summed E-state index contributed by atoms with van der Waals surface area (Å²) in [6.45, 7) is 0.245. The van der Waals surface area contributed by atoms with Crippen molar-refractivity contribution in [3.8, 4) is 23.0 Å². The van der Waals surface area contributed by atoms with Crippen LogP contribution >= 0.6 is 0 Å². The van der Waals surface area contributed by atoms with Crippen LogP contribution in [0.4, 0.5) is 20.3 Å². The summed E-state index contributed by atoms with van der Waals surface area (Å²) in [7, 11) is 2.96. The number of benzene rings is 2. The molecule has 13 heteroatoms. The minimum Gasteiger partial charge on any atom is -0.491 e. The van der Waals surface area contributed by atoms with E-state index in [1.165, 1.54) is 37.5 Å². The van der Waals surface area contributed by atoms with E-state index in [0.29, 0.717) is 28.0 Å². The Balaban J connectivity index is 1.52. The van der Waals surface area contributed by atoms with Gasteiger partial charge < -0.3 is 25.3 Å². The molecule has 2 aromatic carbocycles. The highest BCUT2D eigenvalue weighted by Gasteiger charge is 2.20. The number of nitrogens with two attached hydrogens (primary N) is 1. The van der Waals surface area contributed by atoms with Crippen molar-refractivity contribution in [3.63, 3.8) is 0 Å². The summed E-state index contributed by atoms with van der Waals surface area (Å²) >= 11 is 0. The first-order chi connectivity index (χ1) is 19.9. The summed E-state index contributed by atoms with van der Waals surface area (Å²) in [5, 5.41) is 8.33. The molecule has 210 valence electrons. The van der Waals surface area contributed by atoms with Gasteiger partial charge in [0, 0.05) is 42.6 Å². The van der Waals surface area contributed by atoms with Gasteiger partial charge in [-0.15, -0.1) is 0 Å². The van der Waals surface area contributed by atoms with E-state index in [0.717, 1.165) is 12.1 Å². The van der Waals surface area contributed by atoms with E-state index in [1.807, 2.05) is 12.1 Å². The van der Waals surface area contributed by atoms with Gasteiger partial charge in [-0.1, -0.05) is 18.2 Å². The van der Waals surface area contributed by atoms with Crippen LogP contribution in [0.5, 0.6) is 11.5 Å².